The van der Waals surface area contributed by atoms with Crippen LogP contribution >= 0.6 is 0 Å². The summed E-state index contributed by atoms with van der Waals surface area (Å²) in [5, 5.41) is 13.9. The first-order valence-corrected chi connectivity index (χ1v) is 8.18. The van der Waals surface area contributed by atoms with Crippen molar-refractivity contribution in [3.8, 4) is 11.3 Å². The predicted molar refractivity (Wildman–Crippen MR) is 94.9 cm³/mol. The van der Waals surface area contributed by atoms with Gasteiger partial charge in [-0.2, -0.15) is 0 Å². The lowest BCUT2D eigenvalue weighted by atomic mass is 9.91. The summed E-state index contributed by atoms with van der Waals surface area (Å²) in [5.41, 5.74) is 5.67. The van der Waals surface area contributed by atoms with Gasteiger partial charge in [-0.05, 0) is 24.0 Å². The zero-order chi connectivity index (χ0) is 16.5. The topological polar surface area (TPSA) is 58.0 Å². The van der Waals surface area contributed by atoms with Crippen LogP contribution in [0.2, 0.25) is 0 Å². The molecular formula is C20H19N3O. The third-order valence-corrected chi connectivity index (χ3v) is 4.51. The number of hydrogen-bond acceptors (Lipinski definition) is 4. The predicted octanol–water partition coefficient (Wildman–Crippen LogP) is 3.37. The van der Waals surface area contributed by atoms with Gasteiger partial charge in [0.1, 0.15) is 11.8 Å². The Morgan fingerprint density at radius 3 is 2.50 bits per heavy atom. The molecule has 2 N–H and O–H groups in total. The van der Waals surface area contributed by atoms with E-state index in [-0.39, 0.29) is 0 Å². The molecule has 0 aliphatic heterocycles. The average molecular weight is 317 g/mol. The Bertz CT molecular complexity index is 877. The zero-order valence-corrected chi connectivity index (χ0v) is 13.5. The lowest BCUT2D eigenvalue weighted by molar-refractivity contribution is 0.215. The van der Waals surface area contributed by atoms with Gasteiger partial charge in [0.15, 0.2) is 5.82 Å². The van der Waals surface area contributed by atoms with Crippen molar-refractivity contribution in [3.05, 3.63) is 77.1 Å². The van der Waals surface area contributed by atoms with E-state index in [0.717, 1.165) is 35.4 Å². The summed E-state index contributed by atoms with van der Waals surface area (Å²) in [6.07, 6.45) is 1.04. The van der Waals surface area contributed by atoms with Crippen LogP contribution < -0.4 is 5.32 Å². The summed E-state index contributed by atoms with van der Waals surface area (Å²) in [7, 11) is 1.81. The molecule has 1 heterocycles. The standard InChI is InChI=1S/C20H19N3O/c1-21-20-18(19(24)14-8-3-2-4-9-14)23-17-15-10-6-5-7-13(15)11-12-16(17)22-20/h2-10,19,24H,11-12H2,1H3,(H,21,22). The number of aliphatic hydroxyl groups excluding tert-OH is 1. The van der Waals surface area contributed by atoms with Crippen LogP contribution in [-0.2, 0) is 12.8 Å². The highest BCUT2D eigenvalue weighted by Gasteiger charge is 2.24. The van der Waals surface area contributed by atoms with Crippen molar-refractivity contribution in [2.45, 2.75) is 18.9 Å². The van der Waals surface area contributed by atoms with Crippen LogP contribution in [0.1, 0.15) is 28.6 Å². The first-order valence-electron chi connectivity index (χ1n) is 8.18. The van der Waals surface area contributed by atoms with Crippen LogP contribution in [0.25, 0.3) is 11.3 Å². The molecule has 1 aliphatic carbocycles. The SMILES string of the molecule is CNc1nc2c(nc1C(O)c1ccccc1)-c1ccccc1CC2. The molecule has 4 rings (SSSR count). The molecule has 0 saturated heterocycles. The Kier molecular flexibility index (Phi) is 3.75. The maximum Gasteiger partial charge on any atom is 0.150 e. The van der Waals surface area contributed by atoms with E-state index in [1.807, 2.05) is 43.4 Å². The summed E-state index contributed by atoms with van der Waals surface area (Å²) in [4.78, 5) is 9.57. The summed E-state index contributed by atoms with van der Waals surface area (Å²) in [6.45, 7) is 0. The first kappa shape index (κ1) is 14.8. The normalized spacial score (nSPS) is 13.8. The molecule has 1 aliphatic rings. The third-order valence-electron chi connectivity index (χ3n) is 4.51. The lowest BCUT2D eigenvalue weighted by Crippen LogP contribution is -2.15. The minimum atomic E-state index is -0.805. The smallest absolute Gasteiger partial charge is 0.150 e. The van der Waals surface area contributed by atoms with Crippen molar-refractivity contribution in [2.75, 3.05) is 12.4 Å². The Hall–Kier alpha value is -2.72. The summed E-state index contributed by atoms with van der Waals surface area (Å²) >= 11 is 0. The van der Waals surface area contributed by atoms with Crippen LogP contribution in [0.5, 0.6) is 0 Å². The fourth-order valence-electron chi connectivity index (χ4n) is 3.26. The van der Waals surface area contributed by atoms with Gasteiger partial charge in [-0.25, -0.2) is 9.97 Å². The Morgan fingerprint density at radius 1 is 0.958 bits per heavy atom. The second-order valence-corrected chi connectivity index (χ2v) is 5.97. The summed E-state index contributed by atoms with van der Waals surface area (Å²) in [5.74, 6) is 0.643. The van der Waals surface area contributed by atoms with Crippen molar-refractivity contribution < 1.29 is 5.11 Å². The highest BCUT2D eigenvalue weighted by atomic mass is 16.3. The maximum atomic E-state index is 10.8. The van der Waals surface area contributed by atoms with Crippen molar-refractivity contribution in [3.63, 3.8) is 0 Å². The molecule has 3 aromatic rings. The van der Waals surface area contributed by atoms with Gasteiger partial charge >= 0.3 is 0 Å². The van der Waals surface area contributed by atoms with Crippen LogP contribution in [-0.4, -0.2) is 22.1 Å². The van der Waals surface area contributed by atoms with E-state index in [9.17, 15) is 5.11 Å². The molecular weight excluding hydrogens is 298 g/mol. The first-order chi connectivity index (χ1) is 11.8. The molecule has 1 atom stereocenters. The Labute approximate surface area is 141 Å². The molecule has 0 saturated carbocycles. The molecule has 1 unspecified atom stereocenters. The number of rotatable bonds is 3. The molecule has 0 bridgehead atoms. The van der Waals surface area contributed by atoms with Gasteiger partial charge in [0, 0.05) is 12.6 Å². The van der Waals surface area contributed by atoms with E-state index >= 15 is 0 Å². The lowest BCUT2D eigenvalue weighted by Gasteiger charge is -2.22. The fourth-order valence-corrected chi connectivity index (χ4v) is 3.26. The number of nitrogens with zero attached hydrogens (tertiary/aromatic N) is 2. The van der Waals surface area contributed by atoms with Crippen molar-refractivity contribution in [2.24, 2.45) is 0 Å². The van der Waals surface area contributed by atoms with Gasteiger partial charge in [-0.3, -0.25) is 0 Å². The number of anilines is 1. The van der Waals surface area contributed by atoms with Crippen LogP contribution in [0.3, 0.4) is 0 Å². The molecule has 1 aromatic heterocycles. The number of fused-ring (bicyclic) bond motifs is 3. The quantitative estimate of drug-likeness (QED) is 0.777. The van der Waals surface area contributed by atoms with Crippen molar-refractivity contribution >= 4 is 5.82 Å². The van der Waals surface area contributed by atoms with E-state index < -0.39 is 6.10 Å². The molecule has 4 heteroatoms. The zero-order valence-electron chi connectivity index (χ0n) is 13.5. The fraction of sp³-hybridized carbons (Fsp3) is 0.200. The van der Waals surface area contributed by atoms with Gasteiger partial charge in [0.05, 0.1) is 11.4 Å². The number of hydrogen-bond donors (Lipinski definition) is 2. The summed E-state index contributed by atoms with van der Waals surface area (Å²) < 4.78 is 0. The maximum absolute atomic E-state index is 10.8. The van der Waals surface area contributed by atoms with Crippen LogP contribution in [0, 0.1) is 0 Å². The molecule has 0 spiro atoms. The van der Waals surface area contributed by atoms with Crippen molar-refractivity contribution in [1.29, 1.82) is 0 Å². The number of nitrogens with one attached hydrogen (secondary N) is 1. The van der Waals surface area contributed by atoms with Gasteiger partial charge in [0.25, 0.3) is 0 Å². The number of aryl methyl sites for hydroxylation is 2. The van der Waals surface area contributed by atoms with E-state index in [0.29, 0.717) is 11.5 Å². The van der Waals surface area contributed by atoms with E-state index in [1.165, 1.54) is 5.56 Å². The molecule has 0 radical (unpaired) electrons. The van der Waals surface area contributed by atoms with E-state index in [1.54, 1.807) is 0 Å². The number of benzene rings is 2. The van der Waals surface area contributed by atoms with Gasteiger partial charge < -0.3 is 10.4 Å². The molecule has 24 heavy (non-hydrogen) atoms. The largest absolute Gasteiger partial charge is 0.382 e. The average Bonchev–Trinajstić information content (AvgIpc) is 2.67. The number of aliphatic hydroxyl groups is 1. The van der Waals surface area contributed by atoms with Crippen LogP contribution in [0.4, 0.5) is 5.82 Å². The second kappa shape index (κ2) is 6.06. The van der Waals surface area contributed by atoms with Crippen molar-refractivity contribution in [1.82, 2.24) is 9.97 Å². The van der Waals surface area contributed by atoms with Crippen LogP contribution in [0.15, 0.2) is 54.6 Å². The minimum absolute atomic E-state index is 0.569. The highest BCUT2D eigenvalue weighted by Crippen LogP contribution is 2.35. The van der Waals surface area contributed by atoms with E-state index in [2.05, 4.69) is 23.5 Å². The Morgan fingerprint density at radius 2 is 1.71 bits per heavy atom. The van der Waals surface area contributed by atoms with Gasteiger partial charge in [-0.15, -0.1) is 0 Å². The minimum Gasteiger partial charge on any atom is -0.382 e. The third kappa shape index (κ3) is 2.45. The Balaban J connectivity index is 1.87. The molecule has 2 aromatic carbocycles. The number of aromatic nitrogens is 2. The molecule has 120 valence electrons. The molecule has 0 fully saturated rings. The highest BCUT2D eigenvalue weighted by molar-refractivity contribution is 5.70. The summed E-state index contributed by atoms with van der Waals surface area (Å²) in [6, 6.07) is 17.9. The van der Waals surface area contributed by atoms with E-state index in [4.69, 9.17) is 9.97 Å². The van der Waals surface area contributed by atoms with Gasteiger partial charge in [0.2, 0.25) is 0 Å². The molecule has 0 amide bonds. The molecule has 4 nitrogen and oxygen atoms in total. The monoisotopic (exact) mass is 317 g/mol. The second-order valence-electron chi connectivity index (χ2n) is 5.97. The van der Waals surface area contributed by atoms with Gasteiger partial charge in [-0.1, -0.05) is 54.6 Å².